The highest BCUT2D eigenvalue weighted by molar-refractivity contribution is 7.71. The molecule has 0 aromatic carbocycles. The van der Waals surface area contributed by atoms with Crippen LogP contribution in [0.1, 0.15) is 30.9 Å². The lowest BCUT2D eigenvalue weighted by atomic mass is 10.0. The van der Waals surface area contributed by atoms with Crippen molar-refractivity contribution in [1.82, 2.24) is 15.3 Å². The van der Waals surface area contributed by atoms with Crippen LogP contribution in [0.4, 0.5) is 0 Å². The largest absolute Gasteiger partial charge is 0.337 e. The Morgan fingerprint density at radius 1 is 1.46 bits per heavy atom. The van der Waals surface area contributed by atoms with Crippen LogP contribution in [0.5, 0.6) is 0 Å². The van der Waals surface area contributed by atoms with Crippen LogP contribution in [0, 0.1) is 4.77 Å². The van der Waals surface area contributed by atoms with E-state index >= 15 is 0 Å². The topological polar surface area (TPSA) is 40.7 Å². The molecule has 2 N–H and O–H groups in total. The summed E-state index contributed by atoms with van der Waals surface area (Å²) >= 11 is 4.89. The lowest BCUT2D eigenvalue weighted by Crippen LogP contribution is -2.26. The van der Waals surface area contributed by atoms with Crippen molar-refractivity contribution < 1.29 is 0 Å². The molecule has 13 heavy (non-hydrogen) atoms. The van der Waals surface area contributed by atoms with Crippen molar-refractivity contribution in [2.24, 2.45) is 0 Å². The van der Waals surface area contributed by atoms with E-state index in [0.29, 0.717) is 10.8 Å². The molecule has 1 unspecified atom stereocenters. The molecule has 1 aliphatic heterocycles. The molecule has 1 atom stereocenters. The van der Waals surface area contributed by atoms with Crippen LogP contribution >= 0.6 is 12.2 Å². The molecule has 2 rings (SSSR count). The van der Waals surface area contributed by atoms with Crippen molar-refractivity contribution in [3.05, 3.63) is 22.7 Å². The van der Waals surface area contributed by atoms with E-state index < -0.39 is 0 Å². The van der Waals surface area contributed by atoms with Gasteiger partial charge in [-0.25, -0.2) is 4.98 Å². The molecule has 1 aliphatic rings. The van der Waals surface area contributed by atoms with Crippen LogP contribution in [0.2, 0.25) is 0 Å². The van der Waals surface area contributed by atoms with Crippen molar-refractivity contribution in [1.29, 1.82) is 0 Å². The quantitative estimate of drug-likeness (QED) is 0.673. The van der Waals surface area contributed by atoms with Gasteiger partial charge in [-0.05, 0) is 31.6 Å². The van der Waals surface area contributed by atoms with E-state index in [4.69, 9.17) is 12.2 Å². The fourth-order valence-corrected chi connectivity index (χ4v) is 1.79. The number of hydrogen-bond acceptors (Lipinski definition) is 3. The molecule has 4 heteroatoms. The van der Waals surface area contributed by atoms with Crippen molar-refractivity contribution >= 4 is 12.2 Å². The van der Waals surface area contributed by atoms with E-state index in [0.717, 1.165) is 6.54 Å². The van der Waals surface area contributed by atoms with E-state index in [1.807, 2.05) is 12.4 Å². The SMILES string of the molecule is S=c1ncc(C2CCCCN2)c[nH]1. The minimum atomic E-state index is 0.466. The van der Waals surface area contributed by atoms with Gasteiger partial charge in [0, 0.05) is 24.0 Å². The predicted octanol–water partition coefficient (Wildman–Crippen LogP) is 1.95. The van der Waals surface area contributed by atoms with Gasteiger partial charge in [0.15, 0.2) is 4.77 Å². The molecule has 3 nitrogen and oxygen atoms in total. The highest BCUT2D eigenvalue weighted by atomic mass is 32.1. The zero-order chi connectivity index (χ0) is 9.10. The van der Waals surface area contributed by atoms with E-state index in [-0.39, 0.29) is 0 Å². The Labute approximate surface area is 82.6 Å². The van der Waals surface area contributed by atoms with Gasteiger partial charge < -0.3 is 10.3 Å². The van der Waals surface area contributed by atoms with Gasteiger partial charge in [-0.3, -0.25) is 0 Å². The third-order valence-electron chi connectivity index (χ3n) is 2.41. The van der Waals surface area contributed by atoms with Crippen molar-refractivity contribution in [3.8, 4) is 0 Å². The fourth-order valence-electron chi connectivity index (χ4n) is 1.68. The molecule has 1 aromatic heterocycles. The first kappa shape index (κ1) is 8.84. The molecule has 0 radical (unpaired) electrons. The molecule has 0 amide bonds. The van der Waals surface area contributed by atoms with Gasteiger partial charge in [-0.15, -0.1) is 0 Å². The molecule has 0 saturated carbocycles. The Morgan fingerprint density at radius 3 is 3.00 bits per heavy atom. The Hall–Kier alpha value is -0.740. The Balaban J connectivity index is 2.14. The highest BCUT2D eigenvalue weighted by Crippen LogP contribution is 2.20. The summed E-state index contributed by atoms with van der Waals surface area (Å²) in [6.45, 7) is 1.11. The van der Waals surface area contributed by atoms with Crippen LogP contribution in [0.25, 0.3) is 0 Å². The van der Waals surface area contributed by atoms with Gasteiger partial charge in [-0.2, -0.15) is 0 Å². The molecule has 2 heterocycles. The minimum absolute atomic E-state index is 0.466. The second-order valence-corrected chi connectivity index (χ2v) is 3.74. The molecule has 0 spiro atoms. The third kappa shape index (κ3) is 2.14. The molecule has 70 valence electrons. The molecule has 0 bridgehead atoms. The van der Waals surface area contributed by atoms with Gasteiger partial charge in [-0.1, -0.05) is 6.42 Å². The first-order chi connectivity index (χ1) is 6.36. The first-order valence-electron chi connectivity index (χ1n) is 4.64. The standard InChI is InChI=1S/C9H13N3S/c13-9-11-5-7(6-12-9)8-3-1-2-4-10-8/h5-6,8,10H,1-4H2,(H,11,12,13). The van der Waals surface area contributed by atoms with Crippen molar-refractivity contribution in [2.75, 3.05) is 6.54 Å². The summed E-state index contributed by atoms with van der Waals surface area (Å²) in [6, 6.07) is 0.466. The van der Waals surface area contributed by atoms with Crippen LogP contribution in [-0.4, -0.2) is 16.5 Å². The normalized spacial score (nSPS) is 22.9. The number of piperidine rings is 1. The summed E-state index contributed by atoms with van der Waals surface area (Å²) in [6.07, 6.45) is 7.60. The first-order valence-corrected chi connectivity index (χ1v) is 5.05. The number of nitrogens with one attached hydrogen (secondary N) is 2. The Bertz CT molecular complexity index is 307. The Kier molecular flexibility index (Phi) is 2.71. The average Bonchev–Trinajstić information content (AvgIpc) is 2.20. The van der Waals surface area contributed by atoms with Crippen LogP contribution < -0.4 is 5.32 Å². The zero-order valence-corrected chi connectivity index (χ0v) is 8.23. The van der Waals surface area contributed by atoms with E-state index in [9.17, 15) is 0 Å². The monoisotopic (exact) mass is 195 g/mol. The second-order valence-electron chi connectivity index (χ2n) is 3.35. The lowest BCUT2D eigenvalue weighted by Gasteiger charge is -2.23. The number of nitrogens with zero attached hydrogens (tertiary/aromatic N) is 1. The zero-order valence-electron chi connectivity index (χ0n) is 7.42. The number of rotatable bonds is 1. The number of aromatic amines is 1. The molecule has 1 fully saturated rings. The number of H-pyrrole nitrogens is 1. The van der Waals surface area contributed by atoms with Gasteiger partial charge in [0.05, 0.1) is 0 Å². The number of aromatic nitrogens is 2. The highest BCUT2D eigenvalue weighted by Gasteiger charge is 2.14. The summed E-state index contributed by atoms with van der Waals surface area (Å²) in [7, 11) is 0. The Morgan fingerprint density at radius 2 is 2.38 bits per heavy atom. The molecule has 0 aliphatic carbocycles. The summed E-state index contributed by atoms with van der Waals surface area (Å²) in [5.74, 6) is 0. The van der Waals surface area contributed by atoms with Gasteiger partial charge in [0.1, 0.15) is 0 Å². The smallest absolute Gasteiger partial charge is 0.196 e. The van der Waals surface area contributed by atoms with Gasteiger partial charge >= 0.3 is 0 Å². The minimum Gasteiger partial charge on any atom is -0.337 e. The van der Waals surface area contributed by atoms with Crippen LogP contribution in [-0.2, 0) is 0 Å². The second kappa shape index (κ2) is 3.98. The maximum atomic E-state index is 4.89. The van der Waals surface area contributed by atoms with Gasteiger partial charge in [0.25, 0.3) is 0 Å². The maximum Gasteiger partial charge on any atom is 0.196 e. The maximum absolute atomic E-state index is 4.89. The average molecular weight is 195 g/mol. The molecule has 1 aromatic rings. The van der Waals surface area contributed by atoms with Crippen LogP contribution in [0.15, 0.2) is 12.4 Å². The van der Waals surface area contributed by atoms with Crippen LogP contribution in [0.3, 0.4) is 0 Å². The van der Waals surface area contributed by atoms with E-state index in [1.165, 1.54) is 24.8 Å². The molecular formula is C9H13N3S. The van der Waals surface area contributed by atoms with E-state index in [1.54, 1.807) is 0 Å². The summed E-state index contributed by atoms with van der Waals surface area (Å²) in [4.78, 5) is 7.03. The lowest BCUT2D eigenvalue weighted by molar-refractivity contribution is 0.410. The van der Waals surface area contributed by atoms with Crippen molar-refractivity contribution in [3.63, 3.8) is 0 Å². The van der Waals surface area contributed by atoms with E-state index in [2.05, 4.69) is 15.3 Å². The summed E-state index contributed by atoms with van der Waals surface area (Å²) in [5, 5.41) is 3.46. The fraction of sp³-hybridized carbons (Fsp3) is 0.556. The molecular weight excluding hydrogens is 182 g/mol. The summed E-state index contributed by atoms with van der Waals surface area (Å²) < 4.78 is 0.555. The number of hydrogen-bond donors (Lipinski definition) is 2. The van der Waals surface area contributed by atoms with Gasteiger partial charge in [0.2, 0.25) is 0 Å². The van der Waals surface area contributed by atoms with Crippen molar-refractivity contribution in [2.45, 2.75) is 25.3 Å². The summed E-state index contributed by atoms with van der Waals surface area (Å²) in [5.41, 5.74) is 1.22. The third-order valence-corrected chi connectivity index (χ3v) is 2.63. The molecule has 1 saturated heterocycles. The predicted molar refractivity (Wildman–Crippen MR) is 54.0 cm³/mol.